The maximum Gasteiger partial charge on any atom is 0.289 e. The predicted molar refractivity (Wildman–Crippen MR) is 59.3 cm³/mol. The van der Waals surface area contributed by atoms with Gasteiger partial charge in [-0.25, -0.2) is 4.73 Å². The molecule has 1 aromatic carbocycles. The van der Waals surface area contributed by atoms with Crippen LogP contribution in [-0.2, 0) is 0 Å². The van der Waals surface area contributed by atoms with Crippen molar-refractivity contribution < 1.29 is 4.73 Å². The normalized spacial score (nSPS) is 10.5. The standard InChI is InChI=1S/C10H12N4O/c1-2-13-9-4-3-8(11)7-5-12-6-14(15)10(7)9/h3-6,13H,2,11H2,1H3. The van der Waals surface area contributed by atoms with E-state index in [2.05, 4.69) is 10.3 Å². The molecule has 2 aromatic rings. The number of nitrogen functional groups attached to an aromatic ring is 1. The van der Waals surface area contributed by atoms with Crippen LogP contribution in [0.5, 0.6) is 0 Å². The third-order valence-corrected chi connectivity index (χ3v) is 2.21. The Balaban J connectivity index is 2.78. The zero-order chi connectivity index (χ0) is 10.8. The summed E-state index contributed by atoms with van der Waals surface area (Å²) in [6.07, 6.45) is 2.82. The van der Waals surface area contributed by atoms with Gasteiger partial charge in [0.25, 0.3) is 6.33 Å². The van der Waals surface area contributed by atoms with E-state index in [4.69, 9.17) is 5.73 Å². The van der Waals surface area contributed by atoms with Crippen LogP contribution in [0, 0.1) is 5.21 Å². The van der Waals surface area contributed by atoms with Crippen LogP contribution in [0.2, 0.25) is 0 Å². The molecule has 0 bridgehead atoms. The Morgan fingerprint density at radius 2 is 2.33 bits per heavy atom. The first kappa shape index (κ1) is 9.51. The predicted octanol–water partition coefficient (Wildman–Crippen LogP) is 0.882. The van der Waals surface area contributed by atoms with Gasteiger partial charge < -0.3 is 16.3 Å². The highest BCUT2D eigenvalue weighted by atomic mass is 16.5. The molecule has 2 rings (SSSR count). The van der Waals surface area contributed by atoms with Crippen LogP contribution in [-0.4, -0.2) is 11.5 Å². The maximum absolute atomic E-state index is 11.6. The highest BCUT2D eigenvalue weighted by Crippen LogP contribution is 2.24. The van der Waals surface area contributed by atoms with E-state index in [1.165, 1.54) is 6.33 Å². The van der Waals surface area contributed by atoms with Crippen LogP contribution in [0.1, 0.15) is 6.92 Å². The molecule has 1 heterocycles. The second-order valence-electron chi connectivity index (χ2n) is 3.21. The molecule has 78 valence electrons. The number of anilines is 2. The number of hydrogen-bond donors (Lipinski definition) is 2. The van der Waals surface area contributed by atoms with Gasteiger partial charge in [0.2, 0.25) is 0 Å². The average molecular weight is 204 g/mol. The van der Waals surface area contributed by atoms with Gasteiger partial charge in [0.1, 0.15) is 0 Å². The van der Waals surface area contributed by atoms with E-state index in [0.29, 0.717) is 16.6 Å². The Morgan fingerprint density at radius 1 is 1.53 bits per heavy atom. The van der Waals surface area contributed by atoms with Crippen LogP contribution in [0.4, 0.5) is 11.4 Å². The molecule has 0 aliphatic rings. The molecule has 1 aromatic heterocycles. The maximum atomic E-state index is 11.6. The highest BCUT2D eigenvalue weighted by Gasteiger charge is 2.09. The Morgan fingerprint density at radius 3 is 3.07 bits per heavy atom. The smallest absolute Gasteiger partial charge is 0.289 e. The quantitative estimate of drug-likeness (QED) is 0.432. The summed E-state index contributed by atoms with van der Waals surface area (Å²) in [7, 11) is 0. The number of fused-ring (bicyclic) bond motifs is 1. The van der Waals surface area contributed by atoms with Crippen molar-refractivity contribution in [2.24, 2.45) is 0 Å². The second-order valence-corrected chi connectivity index (χ2v) is 3.21. The molecule has 0 aliphatic heterocycles. The van der Waals surface area contributed by atoms with Crippen LogP contribution < -0.4 is 15.8 Å². The van der Waals surface area contributed by atoms with Gasteiger partial charge in [0.15, 0.2) is 11.7 Å². The molecule has 0 saturated carbocycles. The summed E-state index contributed by atoms with van der Waals surface area (Å²) in [5.74, 6) is 0. The Kier molecular flexibility index (Phi) is 2.29. The third-order valence-electron chi connectivity index (χ3n) is 2.21. The summed E-state index contributed by atoms with van der Waals surface area (Å²) >= 11 is 0. The van der Waals surface area contributed by atoms with E-state index >= 15 is 0 Å². The summed E-state index contributed by atoms with van der Waals surface area (Å²) in [5, 5.41) is 15.4. The number of nitrogens with zero attached hydrogens (tertiary/aromatic N) is 2. The van der Waals surface area contributed by atoms with Gasteiger partial charge in [-0.1, -0.05) is 4.98 Å². The fourth-order valence-corrected chi connectivity index (χ4v) is 1.56. The summed E-state index contributed by atoms with van der Waals surface area (Å²) in [6.45, 7) is 2.72. The average Bonchev–Trinajstić information content (AvgIpc) is 2.23. The number of nitrogens with two attached hydrogens (primary N) is 1. The highest BCUT2D eigenvalue weighted by molar-refractivity contribution is 5.95. The van der Waals surface area contributed by atoms with Gasteiger partial charge in [-0.2, -0.15) is 0 Å². The molecule has 3 N–H and O–H groups in total. The number of benzene rings is 1. The molecule has 0 amide bonds. The van der Waals surface area contributed by atoms with E-state index < -0.39 is 0 Å². The van der Waals surface area contributed by atoms with Crippen molar-refractivity contribution in [3.05, 3.63) is 29.9 Å². The van der Waals surface area contributed by atoms with Crippen molar-refractivity contribution in [1.29, 1.82) is 0 Å². The molecule has 0 aliphatic carbocycles. The first-order chi connectivity index (χ1) is 7.24. The third kappa shape index (κ3) is 1.52. The lowest BCUT2D eigenvalue weighted by Gasteiger charge is -2.11. The SMILES string of the molecule is CCNc1ccc(N)c2cnc[n+]([O-])c12. The van der Waals surface area contributed by atoms with Gasteiger partial charge in [0.05, 0.1) is 11.1 Å². The van der Waals surface area contributed by atoms with Gasteiger partial charge in [-0.15, -0.1) is 0 Å². The first-order valence-corrected chi connectivity index (χ1v) is 4.73. The lowest BCUT2D eigenvalue weighted by Crippen LogP contribution is -2.28. The van der Waals surface area contributed by atoms with Crippen molar-refractivity contribution in [3.8, 4) is 0 Å². The van der Waals surface area contributed by atoms with Gasteiger partial charge >= 0.3 is 0 Å². The molecule has 0 atom stereocenters. The van der Waals surface area contributed by atoms with E-state index in [1.807, 2.05) is 6.92 Å². The zero-order valence-corrected chi connectivity index (χ0v) is 8.40. The van der Waals surface area contributed by atoms with Crippen molar-refractivity contribution >= 4 is 22.3 Å². The van der Waals surface area contributed by atoms with Gasteiger partial charge in [-0.3, -0.25) is 0 Å². The Labute approximate surface area is 87.1 Å². The first-order valence-electron chi connectivity index (χ1n) is 4.73. The van der Waals surface area contributed by atoms with E-state index in [1.54, 1.807) is 18.3 Å². The second kappa shape index (κ2) is 3.61. The molecule has 0 unspecified atom stereocenters. The van der Waals surface area contributed by atoms with Gasteiger partial charge in [0, 0.05) is 12.2 Å². The zero-order valence-electron chi connectivity index (χ0n) is 8.40. The van der Waals surface area contributed by atoms with Crippen molar-refractivity contribution in [2.75, 3.05) is 17.6 Å². The Hall–Kier alpha value is -2.04. The molecule has 15 heavy (non-hydrogen) atoms. The van der Waals surface area contributed by atoms with E-state index in [-0.39, 0.29) is 0 Å². The number of nitrogens with one attached hydrogen (secondary N) is 1. The van der Waals surface area contributed by atoms with Crippen LogP contribution >= 0.6 is 0 Å². The minimum atomic E-state index is 0.534. The minimum Gasteiger partial charge on any atom is -0.710 e. The van der Waals surface area contributed by atoms with Crippen molar-refractivity contribution in [1.82, 2.24) is 4.98 Å². The number of hydrogen-bond acceptors (Lipinski definition) is 4. The van der Waals surface area contributed by atoms with Crippen LogP contribution in [0.3, 0.4) is 0 Å². The summed E-state index contributed by atoms with van der Waals surface area (Å²) in [6, 6.07) is 3.57. The molecule has 5 nitrogen and oxygen atoms in total. The topological polar surface area (TPSA) is 77.9 Å². The molecular formula is C10H12N4O. The minimum absolute atomic E-state index is 0.534. The van der Waals surface area contributed by atoms with E-state index in [9.17, 15) is 5.21 Å². The fourth-order valence-electron chi connectivity index (χ4n) is 1.56. The van der Waals surface area contributed by atoms with Gasteiger partial charge in [-0.05, 0) is 19.1 Å². The summed E-state index contributed by atoms with van der Waals surface area (Å²) in [4.78, 5) is 3.82. The van der Waals surface area contributed by atoms with Crippen molar-refractivity contribution in [2.45, 2.75) is 6.92 Å². The van der Waals surface area contributed by atoms with Crippen LogP contribution in [0.15, 0.2) is 24.7 Å². The molecule has 0 spiro atoms. The van der Waals surface area contributed by atoms with Crippen molar-refractivity contribution in [3.63, 3.8) is 0 Å². The fraction of sp³-hybridized carbons (Fsp3) is 0.200. The van der Waals surface area contributed by atoms with E-state index in [0.717, 1.165) is 17.0 Å². The largest absolute Gasteiger partial charge is 0.710 e. The molecular weight excluding hydrogens is 192 g/mol. The summed E-state index contributed by atoms with van der Waals surface area (Å²) in [5.41, 5.74) is 7.64. The molecule has 5 heteroatoms. The monoisotopic (exact) mass is 204 g/mol. The molecule has 0 saturated heterocycles. The number of rotatable bonds is 2. The Bertz CT molecular complexity index is 498. The summed E-state index contributed by atoms with van der Waals surface area (Å²) < 4.78 is 0.726. The molecule has 0 fully saturated rings. The lowest BCUT2D eigenvalue weighted by atomic mass is 10.2. The number of aromatic nitrogens is 2. The lowest BCUT2D eigenvalue weighted by molar-refractivity contribution is -0.580. The molecule has 0 radical (unpaired) electrons. The van der Waals surface area contributed by atoms with Crippen LogP contribution in [0.25, 0.3) is 10.9 Å².